The number of rotatable bonds is 7. The maximum absolute atomic E-state index is 5.06. The summed E-state index contributed by atoms with van der Waals surface area (Å²) >= 11 is 0. The third kappa shape index (κ3) is 4.01. The fourth-order valence-electron chi connectivity index (χ4n) is 1.53. The summed E-state index contributed by atoms with van der Waals surface area (Å²) in [6, 6.07) is 0.363. The molecule has 0 saturated carbocycles. The average Bonchev–Trinajstić information content (AvgIpc) is 2.64. The third-order valence-electron chi connectivity index (χ3n) is 2.29. The van der Waals surface area contributed by atoms with Gasteiger partial charge in [-0.25, -0.2) is 4.98 Å². The minimum Gasteiger partial charge on any atom is -0.383 e. The van der Waals surface area contributed by atoms with Crippen LogP contribution in [0.1, 0.15) is 26.1 Å². The van der Waals surface area contributed by atoms with Crippen molar-refractivity contribution in [2.75, 3.05) is 13.7 Å². The fourth-order valence-corrected chi connectivity index (χ4v) is 1.53. The number of nitrogens with zero attached hydrogens (tertiary/aromatic N) is 2. The van der Waals surface area contributed by atoms with Crippen molar-refractivity contribution in [3.05, 3.63) is 18.2 Å². The molecule has 0 fully saturated rings. The molecule has 1 aromatic rings. The van der Waals surface area contributed by atoms with Gasteiger partial charge in [0.25, 0.3) is 0 Å². The summed E-state index contributed by atoms with van der Waals surface area (Å²) in [6.07, 6.45) is 5.02. The number of imidazole rings is 1. The highest BCUT2D eigenvalue weighted by molar-refractivity contribution is 4.92. The molecule has 0 amide bonds. The van der Waals surface area contributed by atoms with E-state index >= 15 is 0 Å². The molecule has 1 heterocycles. The van der Waals surface area contributed by atoms with Crippen molar-refractivity contribution in [2.24, 2.45) is 0 Å². The van der Waals surface area contributed by atoms with Crippen LogP contribution in [-0.4, -0.2) is 29.3 Å². The number of ether oxygens (including phenoxy) is 1. The Morgan fingerprint density at radius 1 is 1.60 bits per heavy atom. The molecule has 1 atom stereocenters. The molecule has 0 aliphatic carbocycles. The van der Waals surface area contributed by atoms with Gasteiger partial charge in [-0.05, 0) is 13.3 Å². The van der Waals surface area contributed by atoms with Crippen LogP contribution in [0.3, 0.4) is 0 Å². The van der Waals surface area contributed by atoms with Crippen molar-refractivity contribution in [1.82, 2.24) is 14.9 Å². The molecule has 15 heavy (non-hydrogen) atoms. The zero-order valence-corrected chi connectivity index (χ0v) is 9.86. The summed E-state index contributed by atoms with van der Waals surface area (Å²) in [4.78, 5) is 4.33. The van der Waals surface area contributed by atoms with E-state index in [0.29, 0.717) is 6.04 Å². The number of methoxy groups -OCH3 is 1. The minimum atomic E-state index is 0.363. The summed E-state index contributed by atoms with van der Waals surface area (Å²) < 4.78 is 7.25. The van der Waals surface area contributed by atoms with Gasteiger partial charge in [0.1, 0.15) is 5.82 Å². The fraction of sp³-hybridized carbons (Fsp3) is 0.727. The second kappa shape index (κ2) is 6.58. The van der Waals surface area contributed by atoms with Gasteiger partial charge in [0.15, 0.2) is 0 Å². The molecule has 0 saturated heterocycles. The maximum Gasteiger partial charge on any atom is 0.122 e. The van der Waals surface area contributed by atoms with Crippen LogP contribution in [0.2, 0.25) is 0 Å². The van der Waals surface area contributed by atoms with Crippen molar-refractivity contribution >= 4 is 0 Å². The highest BCUT2D eigenvalue weighted by Gasteiger charge is 2.04. The van der Waals surface area contributed by atoms with E-state index in [1.807, 2.05) is 12.4 Å². The Balaban J connectivity index is 2.39. The first-order valence-electron chi connectivity index (χ1n) is 5.50. The summed E-state index contributed by atoms with van der Waals surface area (Å²) in [5.41, 5.74) is 0. The molecule has 0 aliphatic rings. The van der Waals surface area contributed by atoms with E-state index in [1.54, 1.807) is 7.11 Å². The van der Waals surface area contributed by atoms with Crippen molar-refractivity contribution in [1.29, 1.82) is 0 Å². The van der Waals surface area contributed by atoms with E-state index in [1.165, 1.54) is 0 Å². The zero-order valence-electron chi connectivity index (χ0n) is 9.86. The number of hydrogen-bond acceptors (Lipinski definition) is 3. The molecule has 1 N–H and O–H groups in total. The van der Waals surface area contributed by atoms with Crippen LogP contribution in [0.5, 0.6) is 0 Å². The standard InChI is InChI=1S/C11H21N3O/c1-4-6-14-7-5-12-11(14)8-13-10(2)9-15-3/h5,7,10,13H,4,6,8-9H2,1-3H3. The molecule has 1 unspecified atom stereocenters. The molecular formula is C11H21N3O. The summed E-state index contributed by atoms with van der Waals surface area (Å²) in [5, 5.41) is 3.38. The molecule has 0 bridgehead atoms. The van der Waals surface area contributed by atoms with E-state index in [-0.39, 0.29) is 0 Å². The average molecular weight is 211 g/mol. The molecule has 4 nitrogen and oxygen atoms in total. The van der Waals surface area contributed by atoms with E-state index in [9.17, 15) is 0 Å². The number of nitrogens with one attached hydrogen (secondary N) is 1. The van der Waals surface area contributed by atoms with Crippen LogP contribution in [0.4, 0.5) is 0 Å². The molecule has 0 radical (unpaired) electrons. The second-order valence-corrected chi connectivity index (χ2v) is 3.77. The number of hydrogen-bond donors (Lipinski definition) is 1. The van der Waals surface area contributed by atoms with Crippen LogP contribution in [-0.2, 0) is 17.8 Å². The van der Waals surface area contributed by atoms with Crippen LogP contribution in [0.15, 0.2) is 12.4 Å². The largest absolute Gasteiger partial charge is 0.383 e. The smallest absolute Gasteiger partial charge is 0.122 e. The lowest BCUT2D eigenvalue weighted by Gasteiger charge is -2.13. The van der Waals surface area contributed by atoms with E-state index < -0.39 is 0 Å². The molecule has 4 heteroatoms. The van der Waals surface area contributed by atoms with Crippen molar-refractivity contribution in [2.45, 2.75) is 39.4 Å². The lowest BCUT2D eigenvalue weighted by atomic mass is 10.3. The quantitative estimate of drug-likeness (QED) is 0.741. The Morgan fingerprint density at radius 2 is 2.40 bits per heavy atom. The highest BCUT2D eigenvalue weighted by atomic mass is 16.5. The van der Waals surface area contributed by atoms with Crippen LogP contribution >= 0.6 is 0 Å². The molecule has 0 aromatic carbocycles. The lowest BCUT2D eigenvalue weighted by Crippen LogP contribution is -2.30. The summed E-state index contributed by atoms with van der Waals surface area (Å²) in [6.45, 7) is 6.85. The molecule has 0 aliphatic heterocycles. The third-order valence-corrected chi connectivity index (χ3v) is 2.29. The molecule has 1 rings (SSSR count). The van der Waals surface area contributed by atoms with Gasteiger partial charge in [0, 0.05) is 32.1 Å². The van der Waals surface area contributed by atoms with Crippen LogP contribution < -0.4 is 5.32 Å². The Morgan fingerprint density at radius 3 is 3.07 bits per heavy atom. The predicted molar refractivity (Wildman–Crippen MR) is 60.7 cm³/mol. The molecular weight excluding hydrogens is 190 g/mol. The van der Waals surface area contributed by atoms with Crippen LogP contribution in [0, 0.1) is 0 Å². The molecule has 86 valence electrons. The first kappa shape index (κ1) is 12.2. The normalized spacial score (nSPS) is 13.0. The first-order chi connectivity index (χ1) is 7.27. The van der Waals surface area contributed by atoms with Gasteiger partial charge in [0.2, 0.25) is 0 Å². The SMILES string of the molecule is CCCn1ccnc1CNC(C)COC. The minimum absolute atomic E-state index is 0.363. The highest BCUT2D eigenvalue weighted by Crippen LogP contribution is 1.99. The Bertz CT molecular complexity index is 273. The van der Waals surface area contributed by atoms with E-state index in [4.69, 9.17) is 4.74 Å². The van der Waals surface area contributed by atoms with Crippen molar-refractivity contribution in [3.8, 4) is 0 Å². The van der Waals surface area contributed by atoms with Gasteiger partial charge in [-0.2, -0.15) is 0 Å². The van der Waals surface area contributed by atoms with Gasteiger partial charge >= 0.3 is 0 Å². The van der Waals surface area contributed by atoms with Crippen LogP contribution in [0.25, 0.3) is 0 Å². The number of aromatic nitrogens is 2. The Hall–Kier alpha value is -0.870. The van der Waals surface area contributed by atoms with E-state index in [0.717, 1.165) is 31.9 Å². The summed E-state index contributed by atoms with van der Waals surface area (Å²) in [7, 11) is 1.72. The van der Waals surface area contributed by atoms with Gasteiger partial charge in [-0.15, -0.1) is 0 Å². The lowest BCUT2D eigenvalue weighted by molar-refractivity contribution is 0.171. The molecule has 0 spiro atoms. The van der Waals surface area contributed by atoms with Crippen molar-refractivity contribution in [3.63, 3.8) is 0 Å². The predicted octanol–water partition coefficient (Wildman–Crippen LogP) is 1.42. The Kier molecular flexibility index (Phi) is 5.36. The number of aryl methyl sites for hydroxylation is 1. The zero-order chi connectivity index (χ0) is 11.1. The van der Waals surface area contributed by atoms with E-state index in [2.05, 4.69) is 28.7 Å². The van der Waals surface area contributed by atoms with Gasteiger partial charge < -0.3 is 14.6 Å². The monoisotopic (exact) mass is 211 g/mol. The maximum atomic E-state index is 5.06. The second-order valence-electron chi connectivity index (χ2n) is 3.77. The van der Waals surface area contributed by atoms with Gasteiger partial charge in [-0.1, -0.05) is 6.92 Å². The van der Waals surface area contributed by atoms with Gasteiger partial charge in [-0.3, -0.25) is 0 Å². The van der Waals surface area contributed by atoms with Gasteiger partial charge in [0.05, 0.1) is 13.2 Å². The molecule has 1 aromatic heterocycles. The van der Waals surface area contributed by atoms with Crippen molar-refractivity contribution < 1.29 is 4.74 Å². The summed E-state index contributed by atoms with van der Waals surface area (Å²) in [5.74, 6) is 1.10. The topological polar surface area (TPSA) is 39.1 Å². The Labute approximate surface area is 91.7 Å². The first-order valence-corrected chi connectivity index (χ1v) is 5.50.